The molecule has 2 saturated heterocycles. The highest BCUT2D eigenvalue weighted by Gasteiger charge is 2.52. The number of hydrogen-bond donors (Lipinski definition) is 5. The van der Waals surface area contributed by atoms with Crippen molar-refractivity contribution in [3.63, 3.8) is 0 Å². The highest BCUT2D eigenvalue weighted by molar-refractivity contribution is 6.38. The van der Waals surface area contributed by atoms with E-state index in [-0.39, 0.29) is 36.0 Å². The maximum Gasteiger partial charge on any atom is 0.289 e. The average molecular weight is 667 g/mol. The topological polar surface area (TPSA) is 192 Å². The highest BCUT2D eigenvalue weighted by Crippen LogP contribution is 2.34. The van der Waals surface area contributed by atoms with Crippen LogP contribution < -0.4 is 26.6 Å². The van der Waals surface area contributed by atoms with Crippen molar-refractivity contribution in [2.75, 3.05) is 13.1 Å². The Morgan fingerprint density at radius 1 is 0.979 bits per heavy atom. The second kappa shape index (κ2) is 15.1. The van der Waals surface area contributed by atoms with E-state index < -0.39 is 64.9 Å². The first-order chi connectivity index (χ1) is 22.9. The van der Waals surface area contributed by atoms with Gasteiger partial charge in [0.2, 0.25) is 23.5 Å². The normalized spacial score (nSPS) is 24.2. The number of nitrogens with one attached hydrogen (secondary N) is 5. The number of carbonyl (C=O) groups is 6. The second-order valence-corrected chi connectivity index (χ2v) is 14.8. The summed E-state index contributed by atoms with van der Waals surface area (Å²) in [5.41, 5.74) is -0.665. The molecule has 3 heterocycles. The monoisotopic (exact) mass is 666 g/mol. The van der Waals surface area contributed by atoms with E-state index >= 15 is 0 Å². The molecule has 4 fully saturated rings. The van der Waals surface area contributed by atoms with E-state index in [1.54, 1.807) is 0 Å². The molecule has 5 amide bonds. The molecule has 48 heavy (non-hydrogen) atoms. The fourth-order valence-electron chi connectivity index (χ4n) is 7.27. The minimum absolute atomic E-state index is 0.00367. The lowest BCUT2D eigenvalue weighted by Gasteiger charge is -2.37. The van der Waals surface area contributed by atoms with Gasteiger partial charge >= 0.3 is 0 Å². The number of carbonyl (C=O) groups excluding carboxylic acids is 6. The van der Waals surface area contributed by atoms with Gasteiger partial charge in [0.1, 0.15) is 23.8 Å². The van der Waals surface area contributed by atoms with Crippen LogP contribution in [0, 0.1) is 17.3 Å². The molecular formula is C34H50N8O6. The quantitative estimate of drug-likeness (QED) is 0.188. The Hall–Kier alpha value is -3.94. The molecule has 5 N–H and O–H groups in total. The predicted molar refractivity (Wildman–Crippen MR) is 175 cm³/mol. The Morgan fingerprint density at radius 3 is 2.33 bits per heavy atom. The van der Waals surface area contributed by atoms with E-state index in [1.165, 1.54) is 23.5 Å². The molecule has 4 aliphatic rings. The first-order valence-corrected chi connectivity index (χ1v) is 17.4. The molecule has 262 valence electrons. The molecule has 0 unspecified atom stereocenters. The van der Waals surface area contributed by atoms with Crippen LogP contribution in [0.3, 0.4) is 0 Å². The van der Waals surface area contributed by atoms with Crippen molar-refractivity contribution in [3.8, 4) is 0 Å². The van der Waals surface area contributed by atoms with Gasteiger partial charge in [-0.15, -0.1) is 0 Å². The second-order valence-electron chi connectivity index (χ2n) is 14.8. The van der Waals surface area contributed by atoms with E-state index in [9.17, 15) is 28.8 Å². The van der Waals surface area contributed by atoms with Crippen LogP contribution in [0.25, 0.3) is 0 Å². The lowest BCUT2D eigenvalue weighted by Crippen LogP contribution is -2.63. The number of fused-ring (bicyclic) bond motifs is 1. The molecule has 2 saturated carbocycles. The fraction of sp³-hybridized carbons (Fsp3) is 0.706. The van der Waals surface area contributed by atoms with E-state index in [0.29, 0.717) is 19.5 Å². The average Bonchev–Trinajstić information content (AvgIpc) is 3.40. The van der Waals surface area contributed by atoms with Gasteiger partial charge in [-0.25, -0.2) is 4.98 Å². The Labute approximate surface area is 281 Å². The van der Waals surface area contributed by atoms with Crippen LogP contribution in [0.5, 0.6) is 0 Å². The molecule has 1 aromatic rings. The van der Waals surface area contributed by atoms with Crippen molar-refractivity contribution in [3.05, 3.63) is 24.3 Å². The smallest absolute Gasteiger partial charge is 0.289 e. The zero-order valence-corrected chi connectivity index (χ0v) is 28.4. The van der Waals surface area contributed by atoms with Crippen molar-refractivity contribution < 1.29 is 28.8 Å². The van der Waals surface area contributed by atoms with Gasteiger partial charge in [-0.3, -0.25) is 33.8 Å². The van der Waals surface area contributed by atoms with E-state index in [4.69, 9.17) is 0 Å². The summed E-state index contributed by atoms with van der Waals surface area (Å²) in [5.74, 6) is -3.40. The zero-order chi connectivity index (χ0) is 34.6. The Morgan fingerprint density at radius 2 is 1.71 bits per heavy atom. The summed E-state index contributed by atoms with van der Waals surface area (Å²) in [6.45, 7) is 8.40. The summed E-state index contributed by atoms with van der Waals surface area (Å²) in [6, 6.07) is -4.19. The largest absolute Gasteiger partial charge is 0.347 e. The predicted octanol–water partition coefficient (Wildman–Crippen LogP) is 0.618. The molecule has 1 aromatic heterocycles. The maximum absolute atomic E-state index is 14.5. The van der Waals surface area contributed by atoms with E-state index in [2.05, 4.69) is 36.6 Å². The number of Topliss-reactive ketones (excluding diaryl/α,β-unsaturated/α-hetero) is 1. The third-order valence-electron chi connectivity index (χ3n) is 10.0. The molecule has 14 nitrogen and oxygen atoms in total. The number of ketones is 1. The summed E-state index contributed by atoms with van der Waals surface area (Å²) in [7, 11) is 0. The SMILES string of the molecule is CCC[C@H](NC(=O)[C@@H]1[C@H]2NCC[C@H]2CN1C(=O)[C@@H](NC(=O)[C@@H](NC(=O)c1cnccn1)C1CCCC1)C(C)(C)C)C(=O)C(=O)NC1CC1. The van der Waals surface area contributed by atoms with Gasteiger partial charge < -0.3 is 31.5 Å². The molecule has 5 rings (SSSR count). The molecule has 0 spiro atoms. The summed E-state index contributed by atoms with van der Waals surface area (Å²) >= 11 is 0. The molecule has 0 radical (unpaired) electrons. The van der Waals surface area contributed by atoms with Crippen LogP contribution in [-0.4, -0.2) is 99.5 Å². The van der Waals surface area contributed by atoms with Crippen molar-refractivity contribution in [1.82, 2.24) is 41.5 Å². The molecule has 14 heteroatoms. The van der Waals surface area contributed by atoms with E-state index in [0.717, 1.165) is 44.9 Å². The van der Waals surface area contributed by atoms with Crippen LogP contribution in [0.1, 0.15) is 96.0 Å². The molecule has 0 bridgehead atoms. The Kier molecular flexibility index (Phi) is 11.1. The molecular weight excluding hydrogens is 616 g/mol. The number of rotatable bonds is 13. The first-order valence-electron chi connectivity index (χ1n) is 17.4. The van der Waals surface area contributed by atoms with Gasteiger partial charge in [0.05, 0.1) is 12.2 Å². The number of hydrogen-bond acceptors (Lipinski definition) is 9. The van der Waals surface area contributed by atoms with Crippen LogP contribution >= 0.6 is 0 Å². The minimum atomic E-state index is -1.02. The molecule has 6 atom stereocenters. The van der Waals surface area contributed by atoms with Crippen molar-refractivity contribution in [2.24, 2.45) is 17.3 Å². The number of nitrogens with zero attached hydrogens (tertiary/aromatic N) is 3. The van der Waals surface area contributed by atoms with Crippen molar-refractivity contribution in [1.29, 1.82) is 0 Å². The minimum Gasteiger partial charge on any atom is -0.347 e. The zero-order valence-electron chi connectivity index (χ0n) is 28.4. The number of likely N-dealkylation sites (tertiary alicyclic amines) is 1. The van der Waals surface area contributed by atoms with Gasteiger partial charge in [-0.2, -0.15) is 0 Å². The van der Waals surface area contributed by atoms with Gasteiger partial charge in [-0.05, 0) is 62.3 Å². The number of aromatic nitrogens is 2. The molecule has 2 aliphatic carbocycles. The lowest BCUT2D eigenvalue weighted by atomic mass is 9.84. The van der Waals surface area contributed by atoms with Gasteiger partial charge in [0.15, 0.2) is 0 Å². The molecule has 0 aromatic carbocycles. The maximum atomic E-state index is 14.5. The van der Waals surface area contributed by atoms with Crippen molar-refractivity contribution >= 4 is 35.3 Å². The Bertz CT molecular complexity index is 1370. The highest BCUT2D eigenvalue weighted by atomic mass is 16.2. The van der Waals surface area contributed by atoms with Crippen LogP contribution in [0.15, 0.2) is 18.6 Å². The standard InChI is InChI=1S/C34H50N8O6/c1-5-8-22(27(43)32(47)38-21-11-12-21)39-31(46)26-24-20(13-14-37-24)18-42(26)33(48)28(34(2,3)4)41-30(45)25(19-9-6-7-10-19)40-29(44)23-17-35-15-16-36-23/h15-17,19-22,24-26,28,37H,5-14,18H2,1-4H3,(H,38,47)(H,39,46)(H,40,44)(H,41,45)/t20-,22-,24-,25-,26-,28+/m0/s1. The van der Waals surface area contributed by atoms with Crippen LogP contribution in [-0.2, 0) is 24.0 Å². The van der Waals surface area contributed by atoms with E-state index in [1.807, 2.05) is 27.7 Å². The van der Waals surface area contributed by atoms with Crippen molar-refractivity contribution in [2.45, 2.75) is 122 Å². The van der Waals surface area contributed by atoms with Crippen LogP contribution in [0.2, 0.25) is 0 Å². The van der Waals surface area contributed by atoms with Crippen LogP contribution in [0.4, 0.5) is 0 Å². The third kappa shape index (κ3) is 8.19. The lowest BCUT2D eigenvalue weighted by molar-refractivity contribution is -0.145. The van der Waals surface area contributed by atoms with Gasteiger partial charge in [-0.1, -0.05) is 47.0 Å². The fourth-order valence-corrected chi connectivity index (χ4v) is 7.27. The third-order valence-corrected chi connectivity index (χ3v) is 10.0. The summed E-state index contributed by atoms with van der Waals surface area (Å²) in [5, 5.41) is 14.7. The summed E-state index contributed by atoms with van der Waals surface area (Å²) in [6.07, 6.45) is 10.9. The Balaban J connectivity index is 1.35. The number of amides is 5. The van der Waals surface area contributed by atoms with Gasteiger partial charge in [0, 0.05) is 31.0 Å². The summed E-state index contributed by atoms with van der Waals surface area (Å²) in [4.78, 5) is 90.9. The van der Waals surface area contributed by atoms with Gasteiger partial charge in [0.25, 0.3) is 11.8 Å². The summed E-state index contributed by atoms with van der Waals surface area (Å²) < 4.78 is 0. The first kappa shape index (κ1) is 35.4. The molecule has 2 aliphatic heterocycles.